The zero-order chi connectivity index (χ0) is 13.9. The molecule has 2 rings (SSSR count). The van der Waals surface area contributed by atoms with Crippen LogP contribution in [0.5, 0.6) is 0 Å². The molecule has 0 aromatic rings. The summed E-state index contributed by atoms with van der Waals surface area (Å²) < 4.78 is 0. The third-order valence-corrected chi connectivity index (χ3v) is 5.38. The van der Waals surface area contributed by atoms with Crippen molar-refractivity contribution in [3.8, 4) is 6.07 Å². The van der Waals surface area contributed by atoms with Crippen molar-refractivity contribution in [2.24, 2.45) is 11.3 Å². The van der Waals surface area contributed by atoms with Crippen LogP contribution >= 0.6 is 0 Å². The van der Waals surface area contributed by atoms with Gasteiger partial charge in [0.15, 0.2) is 0 Å². The van der Waals surface area contributed by atoms with Crippen LogP contribution in [0, 0.1) is 22.7 Å². The van der Waals surface area contributed by atoms with E-state index in [4.69, 9.17) is 5.26 Å². The summed E-state index contributed by atoms with van der Waals surface area (Å²) in [7, 11) is 4.45. The highest BCUT2D eigenvalue weighted by atomic mass is 15.2. The molecule has 2 unspecified atom stereocenters. The molecule has 0 aromatic heterocycles. The summed E-state index contributed by atoms with van der Waals surface area (Å²) in [6.07, 6.45) is 8.54. The quantitative estimate of drug-likeness (QED) is 0.801. The lowest BCUT2D eigenvalue weighted by Gasteiger charge is -2.45. The van der Waals surface area contributed by atoms with E-state index in [9.17, 15) is 0 Å². The number of hydrogen-bond donors (Lipinski definition) is 1. The maximum atomic E-state index is 8.88. The Balaban J connectivity index is 1.86. The standard InChI is InChI=1S/C16H29N3/c1-14-5-4-6-16(11-14,19(2)3)13-18-12-15(7-8-15)9-10-17/h14,18H,4-9,11-13H2,1-3H3. The molecule has 0 radical (unpaired) electrons. The number of nitrogens with one attached hydrogen (secondary N) is 1. The first-order valence-electron chi connectivity index (χ1n) is 7.77. The average Bonchev–Trinajstić information content (AvgIpc) is 3.09. The van der Waals surface area contributed by atoms with Gasteiger partial charge in [-0.05, 0) is 51.1 Å². The molecule has 2 aliphatic rings. The second kappa shape index (κ2) is 5.81. The lowest BCUT2D eigenvalue weighted by atomic mass is 9.75. The number of likely N-dealkylation sites (N-methyl/N-ethyl adjacent to an activating group) is 1. The van der Waals surface area contributed by atoms with Crippen LogP contribution < -0.4 is 5.32 Å². The molecule has 2 aliphatic carbocycles. The summed E-state index contributed by atoms with van der Waals surface area (Å²) in [5.41, 5.74) is 0.656. The SMILES string of the molecule is CC1CCCC(CNCC2(CC#N)CC2)(N(C)C)C1. The predicted octanol–water partition coefficient (Wildman–Crippen LogP) is 2.78. The maximum absolute atomic E-state index is 8.88. The van der Waals surface area contributed by atoms with Crippen LogP contribution in [0.25, 0.3) is 0 Å². The Labute approximate surface area is 118 Å². The summed E-state index contributed by atoms with van der Waals surface area (Å²) in [5, 5.41) is 12.6. The normalized spacial score (nSPS) is 33.1. The minimum atomic E-state index is 0.322. The lowest BCUT2D eigenvalue weighted by Crippen LogP contribution is -2.54. The van der Waals surface area contributed by atoms with Crippen molar-refractivity contribution >= 4 is 0 Å². The third-order valence-electron chi connectivity index (χ3n) is 5.38. The molecule has 2 fully saturated rings. The fourth-order valence-corrected chi connectivity index (χ4v) is 3.68. The topological polar surface area (TPSA) is 39.1 Å². The number of hydrogen-bond acceptors (Lipinski definition) is 3. The Morgan fingerprint density at radius 3 is 2.53 bits per heavy atom. The Hall–Kier alpha value is -0.590. The highest BCUT2D eigenvalue weighted by Gasteiger charge is 2.43. The summed E-state index contributed by atoms with van der Waals surface area (Å²) in [6, 6.07) is 2.35. The van der Waals surface area contributed by atoms with Gasteiger partial charge in [-0.3, -0.25) is 0 Å². The molecular formula is C16H29N3. The molecule has 0 saturated heterocycles. The zero-order valence-corrected chi connectivity index (χ0v) is 12.8. The van der Waals surface area contributed by atoms with Crippen LogP contribution in [-0.2, 0) is 0 Å². The molecule has 3 nitrogen and oxygen atoms in total. The van der Waals surface area contributed by atoms with E-state index < -0.39 is 0 Å². The van der Waals surface area contributed by atoms with Gasteiger partial charge in [0.05, 0.1) is 6.07 Å². The smallest absolute Gasteiger partial charge is 0.0628 e. The Morgan fingerprint density at radius 2 is 2.00 bits per heavy atom. The summed E-state index contributed by atoms with van der Waals surface area (Å²) in [6.45, 7) is 4.50. The fraction of sp³-hybridized carbons (Fsp3) is 0.938. The van der Waals surface area contributed by atoms with Gasteiger partial charge < -0.3 is 10.2 Å². The summed E-state index contributed by atoms with van der Waals surface area (Å²) in [5.74, 6) is 0.840. The summed E-state index contributed by atoms with van der Waals surface area (Å²) in [4.78, 5) is 2.43. The largest absolute Gasteiger partial charge is 0.314 e. The molecular weight excluding hydrogens is 234 g/mol. The number of nitrogens with zero attached hydrogens (tertiary/aromatic N) is 2. The van der Waals surface area contributed by atoms with Gasteiger partial charge in [0.2, 0.25) is 0 Å². The van der Waals surface area contributed by atoms with E-state index in [0.29, 0.717) is 11.0 Å². The van der Waals surface area contributed by atoms with E-state index in [1.807, 2.05) is 0 Å². The molecule has 19 heavy (non-hydrogen) atoms. The molecule has 3 heteroatoms. The van der Waals surface area contributed by atoms with Gasteiger partial charge in [-0.2, -0.15) is 5.26 Å². The summed E-state index contributed by atoms with van der Waals surface area (Å²) >= 11 is 0. The van der Waals surface area contributed by atoms with Crippen LogP contribution in [0.4, 0.5) is 0 Å². The van der Waals surface area contributed by atoms with Crippen molar-refractivity contribution in [2.45, 2.75) is 57.4 Å². The second-order valence-electron chi connectivity index (χ2n) is 7.26. The third kappa shape index (κ3) is 3.49. The Kier molecular flexibility index (Phi) is 4.53. The maximum Gasteiger partial charge on any atom is 0.0628 e. The highest BCUT2D eigenvalue weighted by molar-refractivity contribution is 5.02. The molecule has 2 atom stereocenters. The van der Waals surface area contributed by atoms with Gasteiger partial charge in [0, 0.05) is 25.0 Å². The molecule has 1 N–H and O–H groups in total. The van der Waals surface area contributed by atoms with Gasteiger partial charge in [-0.25, -0.2) is 0 Å². The van der Waals surface area contributed by atoms with E-state index in [1.165, 1.54) is 38.5 Å². The van der Waals surface area contributed by atoms with Gasteiger partial charge in [-0.15, -0.1) is 0 Å². The Bertz CT molecular complexity index is 340. The zero-order valence-electron chi connectivity index (χ0n) is 12.8. The lowest BCUT2D eigenvalue weighted by molar-refractivity contribution is 0.0740. The van der Waals surface area contributed by atoms with E-state index in [1.54, 1.807) is 0 Å². The molecule has 0 spiro atoms. The highest BCUT2D eigenvalue weighted by Crippen LogP contribution is 2.48. The minimum Gasteiger partial charge on any atom is -0.314 e. The monoisotopic (exact) mass is 263 g/mol. The van der Waals surface area contributed by atoms with Crippen LogP contribution in [-0.4, -0.2) is 37.6 Å². The van der Waals surface area contributed by atoms with Crippen molar-refractivity contribution in [1.29, 1.82) is 5.26 Å². The van der Waals surface area contributed by atoms with Crippen molar-refractivity contribution < 1.29 is 0 Å². The first-order valence-corrected chi connectivity index (χ1v) is 7.77. The molecule has 0 amide bonds. The first-order chi connectivity index (χ1) is 9.02. The van der Waals surface area contributed by atoms with Crippen molar-refractivity contribution in [2.75, 3.05) is 27.2 Å². The second-order valence-corrected chi connectivity index (χ2v) is 7.26. The van der Waals surface area contributed by atoms with E-state index in [-0.39, 0.29) is 0 Å². The van der Waals surface area contributed by atoms with Gasteiger partial charge in [0.1, 0.15) is 0 Å². The first kappa shape index (κ1) is 14.8. The van der Waals surface area contributed by atoms with Crippen LogP contribution in [0.15, 0.2) is 0 Å². The molecule has 0 aromatic carbocycles. The number of rotatable bonds is 6. The van der Waals surface area contributed by atoms with Crippen molar-refractivity contribution in [3.63, 3.8) is 0 Å². The van der Waals surface area contributed by atoms with E-state index in [2.05, 4.69) is 37.3 Å². The van der Waals surface area contributed by atoms with Crippen molar-refractivity contribution in [3.05, 3.63) is 0 Å². The van der Waals surface area contributed by atoms with E-state index >= 15 is 0 Å². The minimum absolute atomic E-state index is 0.322. The molecule has 0 bridgehead atoms. The number of nitriles is 1. The van der Waals surface area contributed by atoms with E-state index in [0.717, 1.165) is 25.4 Å². The van der Waals surface area contributed by atoms with Crippen molar-refractivity contribution in [1.82, 2.24) is 10.2 Å². The van der Waals surface area contributed by atoms with Gasteiger partial charge >= 0.3 is 0 Å². The Morgan fingerprint density at radius 1 is 1.26 bits per heavy atom. The molecule has 2 saturated carbocycles. The van der Waals surface area contributed by atoms with Gasteiger partial charge in [0.25, 0.3) is 0 Å². The van der Waals surface area contributed by atoms with Crippen LogP contribution in [0.2, 0.25) is 0 Å². The fourth-order valence-electron chi connectivity index (χ4n) is 3.68. The molecule has 0 heterocycles. The molecule has 0 aliphatic heterocycles. The molecule has 108 valence electrons. The van der Waals surface area contributed by atoms with Gasteiger partial charge in [-0.1, -0.05) is 19.8 Å². The average molecular weight is 263 g/mol. The van der Waals surface area contributed by atoms with Crippen LogP contribution in [0.3, 0.4) is 0 Å². The van der Waals surface area contributed by atoms with Crippen LogP contribution in [0.1, 0.15) is 51.9 Å². The predicted molar refractivity (Wildman–Crippen MR) is 78.8 cm³/mol.